The lowest BCUT2D eigenvalue weighted by Crippen LogP contribution is -2.56. The molecule has 0 unspecified atom stereocenters. The van der Waals surface area contributed by atoms with Crippen LogP contribution in [0, 0.1) is 35.0 Å². The van der Waals surface area contributed by atoms with Crippen molar-refractivity contribution in [3.8, 4) is 51.4 Å². The number of aromatic nitrogens is 3. The molecule has 2 heterocycles. The Morgan fingerprint density at radius 3 is 1.69 bits per heavy atom. The fraction of sp³-hybridized carbons (Fsp3) is 0.261. The number of benzene rings is 5. The van der Waals surface area contributed by atoms with E-state index in [2.05, 4.69) is 110 Å². The van der Waals surface area contributed by atoms with E-state index >= 15 is 0 Å². The van der Waals surface area contributed by atoms with E-state index in [9.17, 15) is 5.26 Å². The summed E-state index contributed by atoms with van der Waals surface area (Å²) in [4.78, 5) is 15.4. The van der Waals surface area contributed by atoms with Gasteiger partial charge in [0.15, 0.2) is 17.5 Å². The SMILES string of the molecule is C[Si]1(C)c2ccccc2-c2ccc(-c3nc(-c4ccccc4)nc(-c4ccc(C5(c6ccc(C#N)cc6)C6CC7CC(C6)CC5C7)cc4)n3)cc21. The molecular formula is C46H40N4Si. The minimum absolute atomic E-state index is 0.0297. The Hall–Kier alpha value is -5.18. The number of fused-ring (bicyclic) bond motifs is 3. The Kier molecular flexibility index (Phi) is 6.86. The van der Waals surface area contributed by atoms with Crippen LogP contribution in [0.15, 0.2) is 121 Å². The van der Waals surface area contributed by atoms with Gasteiger partial charge in [-0.25, -0.2) is 15.0 Å². The Balaban J connectivity index is 1.08. The lowest BCUT2D eigenvalue weighted by atomic mass is 9.42. The molecule has 5 aliphatic rings. The average molecular weight is 677 g/mol. The molecule has 0 spiro atoms. The summed E-state index contributed by atoms with van der Waals surface area (Å²) in [6, 6.07) is 46.1. The van der Waals surface area contributed by atoms with Crippen LogP contribution in [0.1, 0.15) is 48.8 Å². The van der Waals surface area contributed by atoms with Crippen LogP contribution in [0.2, 0.25) is 13.1 Å². The summed E-state index contributed by atoms with van der Waals surface area (Å²) in [7, 11) is -1.86. The van der Waals surface area contributed by atoms with Gasteiger partial charge >= 0.3 is 0 Å². The Morgan fingerprint density at radius 2 is 1.06 bits per heavy atom. The minimum Gasteiger partial charge on any atom is -0.208 e. The monoisotopic (exact) mass is 676 g/mol. The lowest BCUT2D eigenvalue weighted by Gasteiger charge is -2.62. The fourth-order valence-corrected chi connectivity index (χ4v) is 14.0. The van der Waals surface area contributed by atoms with Gasteiger partial charge in [-0.05, 0) is 101 Å². The van der Waals surface area contributed by atoms with Crippen LogP contribution in [0.5, 0.6) is 0 Å². The second-order valence-corrected chi connectivity index (χ2v) is 20.4. The highest BCUT2D eigenvalue weighted by Gasteiger charge is 2.58. The third-order valence-electron chi connectivity index (χ3n) is 13.0. The van der Waals surface area contributed by atoms with Crippen LogP contribution in [-0.2, 0) is 5.41 Å². The van der Waals surface area contributed by atoms with E-state index < -0.39 is 8.07 Å². The van der Waals surface area contributed by atoms with Gasteiger partial charge in [0.2, 0.25) is 0 Å². The molecule has 1 aliphatic heterocycles. The molecule has 11 rings (SSSR count). The first-order chi connectivity index (χ1) is 24.9. The standard InChI is InChI=1S/C46H40N4Si/c1-51(2)41-11-7-6-10-39(41)40-21-16-34(27-42(40)51)45-49-43(32-8-4-3-5-9-32)48-44(50-45)33-14-19-36(20-15-33)46(35-17-12-29(28-47)13-18-35)37-23-30-22-31(25-37)26-38(46)24-30/h3-21,27,30-31,37-38H,22-26H2,1-2H3. The summed E-state index contributed by atoms with van der Waals surface area (Å²) in [6.45, 7) is 4.90. The summed E-state index contributed by atoms with van der Waals surface area (Å²) < 4.78 is 0. The molecule has 1 aromatic heterocycles. The van der Waals surface area contributed by atoms with E-state index in [1.165, 1.54) is 64.7 Å². The van der Waals surface area contributed by atoms with Crippen LogP contribution in [0.4, 0.5) is 0 Å². The summed E-state index contributed by atoms with van der Waals surface area (Å²) >= 11 is 0. The van der Waals surface area contributed by atoms with E-state index in [4.69, 9.17) is 15.0 Å². The van der Waals surface area contributed by atoms with Crippen LogP contribution in [0.3, 0.4) is 0 Å². The first kappa shape index (κ1) is 30.6. The largest absolute Gasteiger partial charge is 0.208 e. The number of rotatable bonds is 5. The number of nitriles is 1. The first-order valence-electron chi connectivity index (χ1n) is 18.6. The second kappa shape index (κ2) is 11.4. The van der Waals surface area contributed by atoms with Crippen molar-refractivity contribution in [2.75, 3.05) is 0 Å². The Bertz CT molecular complexity index is 2330. The maximum Gasteiger partial charge on any atom is 0.164 e. The maximum atomic E-state index is 9.58. The molecule has 5 aromatic carbocycles. The molecule has 5 heteroatoms. The van der Waals surface area contributed by atoms with Gasteiger partial charge < -0.3 is 0 Å². The number of hydrogen-bond acceptors (Lipinski definition) is 4. The molecule has 4 bridgehead atoms. The molecule has 0 saturated heterocycles. The van der Waals surface area contributed by atoms with Crippen molar-refractivity contribution >= 4 is 18.4 Å². The van der Waals surface area contributed by atoms with Gasteiger partial charge in [0.1, 0.15) is 8.07 Å². The highest BCUT2D eigenvalue weighted by atomic mass is 28.3. The summed E-state index contributed by atoms with van der Waals surface area (Å²) in [5, 5.41) is 12.5. The smallest absolute Gasteiger partial charge is 0.164 e. The van der Waals surface area contributed by atoms with E-state index in [-0.39, 0.29) is 5.41 Å². The van der Waals surface area contributed by atoms with Gasteiger partial charge in [-0.1, -0.05) is 122 Å². The summed E-state index contributed by atoms with van der Waals surface area (Å²) in [5.41, 5.74) is 9.21. The zero-order valence-corrected chi connectivity index (χ0v) is 30.2. The molecule has 4 aliphatic carbocycles. The molecule has 0 amide bonds. The molecule has 0 atom stereocenters. The van der Waals surface area contributed by atoms with Gasteiger partial charge in [0, 0.05) is 22.1 Å². The van der Waals surface area contributed by atoms with Crippen molar-refractivity contribution in [1.82, 2.24) is 15.0 Å². The molecule has 4 nitrogen and oxygen atoms in total. The Labute approximate surface area is 301 Å². The molecule has 4 saturated carbocycles. The summed E-state index contributed by atoms with van der Waals surface area (Å²) in [5.74, 6) is 5.07. The average Bonchev–Trinajstić information content (AvgIpc) is 3.40. The molecule has 0 radical (unpaired) electrons. The predicted molar refractivity (Wildman–Crippen MR) is 207 cm³/mol. The van der Waals surface area contributed by atoms with Gasteiger partial charge in [0.05, 0.1) is 11.6 Å². The second-order valence-electron chi connectivity index (χ2n) is 16.0. The molecule has 0 N–H and O–H groups in total. The van der Waals surface area contributed by atoms with Crippen LogP contribution in [-0.4, -0.2) is 23.0 Å². The number of hydrogen-bond donors (Lipinski definition) is 0. The molecule has 6 aromatic rings. The topological polar surface area (TPSA) is 62.5 Å². The van der Waals surface area contributed by atoms with Crippen LogP contribution in [0.25, 0.3) is 45.3 Å². The van der Waals surface area contributed by atoms with Crippen molar-refractivity contribution in [3.63, 3.8) is 0 Å². The summed E-state index contributed by atoms with van der Waals surface area (Å²) in [6.07, 6.45) is 6.63. The van der Waals surface area contributed by atoms with Crippen LogP contribution >= 0.6 is 0 Å². The van der Waals surface area contributed by atoms with Crippen LogP contribution < -0.4 is 10.4 Å². The third-order valence-corrected chi connectivity index (χ3v) is 16.6. The molecule has 4 fully saturated rings. The lowest BCUT2D eigenvalue weighted by molar-refractivity contribution is -0.0418. The predicted octanol–water partition coefficient (Wildman–Crippen LogP) is 9.29. The van der Waals surface area contributed by atoms with E-state index in [1.807, 2.05) is 30.3 Å². The molecule has 248 valence electrons. The van der Waals surface area contributed by atoms with Gasteiger partial charge in [0.25, 0.3) is 0 Å². The fourth-order valence-electron chi connectivity index (χ4n) is 10.9. The molecule has 51 heavy (non-hydrogen) atoms. The minimum atomic E-state index is -1.86. The first-order valence-corrected chi connectivity index (χ1v) is 21.6. The van der Waals surface area contributed by atoms with E-state index in [0.717, 1.165) is 34.1 Å². The van der Waals surface area contributed by atoms with Crippen molar-refractivity contribution < 1.29 is 0 Å². The zero-order valence-electron chi connectivity index (χ0n) is 29.2. The maximum absolute atomic E-state index is 9.58. The van der Waals surface area contributed by atoms with Crippen molar-refractivity contribution in [2.45, 2.75) is 50.6 Å². The van der Waals surface area contributed by atoms with Gasteiger partial charge in [-0.15, -0.1) is 0 Å². The molecular weight excluding hydrogens is 637 g/mol. The van der Waals surface area contributed by atoms with Crippen molar-refractivity contribution in [1.29, 1.82) is 5.26 Å². The third kappa shape index (κ3) is 4.66. The zero-order chi connectivity index (χ0) is 34.3. The van der Waals surface area contributed by atoms with E-state index in [0.29, 0.717) is 29.3 Å². The highest BCUT2D eigenvalue weighted by molar-refractivity contribution is 7.03. The van der Waals surface area contributed by atoms with Crippen molar-refractivity contribution in [3.05, 3.63) is 138 Å². The quantitative estimate of drug-likeness (QED) is 0.171. The van der Waals surface area contributed by atoms with Crippen molar-refractivity contribution in [2.24, 2.45) is 23.7 Å². The highest BCUT2D eigenvalue weighted by Crippen LogP contribution is 2.65. The Morgan fingerprint density at radius 1 is 0.549 bits per heavy atom. The number of nitrogens with zero attached hydrogens (tertiary/aromatic N) is 4. The van der Waals surface area contributed by atoms with Gasteiger partial charge in [-0.2, -0.15) is 5.26 Å². The van der Waals surface area contributed by atoms with E-state index in [1.54, 1.807) is 0 Å². The normalized spacial score (nSPS) is 24.9. The van der Waals surface area contributed by atoms with Gasteiger partial charge in [-0.3, -0.25) is 0 Å².